The molecule has 0 aliphatic heterocycles. The van der Waals surface area contributed by atoms with Crippen LogP contribution in [0.5, 0.6) is 0 Å². The van der Waals surface area contributed by atoms with Gasteiger partial charge in [0.25, 0.3) is 0 Å². The van der Waals surface area contributed by atoms with E-state index in [2.05, 4.69) is 63.5 Å². The van der Waals surface area contributed by atoms with Crippen molar-refractivity contribution in [1.29, 1.82) is 0 Å². The van der Waals surface area contributed by atoms with E-state index in [4.69, 9.17) is 11.2 Å². The Morgan fingerprint density at radius 2 is 1.36 bits per heavy atom. The lowest BCUT2D eigenvalue weighted by Gasteiger charge is -2.27. The molecule has 2 N–H and O–H groups in total. The highest BCUT2D eigenvalue weighted by Gasteiger charge is 2.22. The SMILES string of the molecule is [2H]c1c([2H])c(-c2cccc(Br)c2N)c([2H])c([2H])c1-c1ccc(C(C)(C)C)cc1C(C)(C)C. The maximum atomic E-state index is 8.82. The van der Waals surface area contributed by atoms with Crippen LogP contribution in [0.1, 0.15) is 58.2 Å². The Morgan fingerprint density at radius 1 is 0.786 bits per heavy atom. The third kappa shape index (κ3) is 4.17. The standard InChI is InChI=1S/C26H30BrN/c1-25(2,3)19-14-15-20(22(16-19)26(4,5)6)17-10-12-18(13-11-17)21-8-7-9-23(27)24(21)28/h7-16H,28H2,1-6H3/i10D,11D,12D,13D. The maximum absolute atomic E-state index is 8.82. The molecule has 0 aliphatic carbocycles. The van der Waals surface area contributed by atoms with Crippen LogP contribution >= 0.6 is 15.9 Å². The smallest absolute Gasteiger partial charge is 0.0629 e. The van der Waals surface area contributed by atoms with Gasteiger partial charge in [-0.2, -0.15) is 0 Å². The van der Waals surface area contributed by atoms with Crippen molar-refractivity contribution >= 4 is 21.6 Å². The van der Waals surface area contributed by atoms with E-state index in [1.807, 2.05) is 12.1 Å². The molecular weight excluding hydrogens is 406 g/mol. The predicted octanol–water partition coefficient (Wildman–Crippen LogP) is 7.96. The Balaban J connectivity index is 2.38. The summed E-state index contributed by atoms with van der Waals surface area (Å²) in [6, 6.07) is 11.1. The molecule has 1 nitrogen and oxygen atoms in total. The molecule has 0 aromatic heterocycles. The number of nitrogens with two attached hydrogens (primary N) is 1. The summed E-state index contributed by atoms with van der Waals surface area (Å²) in [5, 5.41) is 0. The largest absolute Gasteiger partial charge is 0.397 e. The molecule has 0 saturated carbocycles. The summed E-state index contributed by atoms with van der Waals surface area (Å²) >= 11 is 3.39. The normalized spacial score (nSPS) is 14.2. The minimum absolute atomic E-state index is 0.0463. The molecule has 3 rings (SSSR count). The van der Waals surface area contributed by atoms with Crippen molar-refractivity contribution in [2.75, 3.05) is 5.73 Å². The lowest BCUT2D eigenvalue weighted by Crippen LogP contribution is -2.17. The van der Waals surface area contributed by atoms with E-state index in [1.54, 1.807) is 18.2 Å². The third-order valence-electron chi connectivity index (χ3n) is 4.91. The topological polar surface area (TPSA) is 26.0 Å². The molecule has 0 radical (unpaired) electrons. The second-order valence-electron chi connectivity index (χ2n) is 9.21. The molecule has 0 unspecified atom stereocenters. The Morgan fingerprint density at radius 3 is 1.89 bits per heavy atom. The van der Waals surface area contributed by atoms with Crippen molar-refractivity contribution in [3.05, 3.63) is 76.2 Å². The number of rotatable bonds is 2. The van der Waals surface area contributed by atoms with Crippen molar-refractivity contribution in [2.24, 2.45) is 0 Å². The van der Waals surface area contributed by atoms with Gasteiger partial charge in [-0.25, -0.2) is 0 Å². The number of hydrogen-bond donors (Lipinski definition) is 1. The molecule has 2 heteroatoms. The highest BCUT2D eigenvalue weighted by atomic mass is 79.9. The fourth-order valence-electron chi connectivity index (χ4n) is 3.19. The fourth-order valence-corrected chi connectivity index (χ4v) is 3.55. The summed E-state index contributed by atoms with van der Waals surface area (Å²) in [4.78, 5) is 0. The first-order valence-corrected chi connectivity index (χ1v) is 10.3. The molecule has 0 bridgehead atoms. The Bertz CT molecular complexity index is 1170. The zero-order valence-corrected chi connectivity index (χ0v) is 19.0. The number of anilines is 1. The number of benzene rings is 3. The van der Waals surface area contributed by atoms with Crippen molar-refractivity contribution in [2.45, 2.75) is 52.4 Å². The molecular formula is C26H30BrN. The monoisotopic (exact) mass is 439 g/mol. The molecule has 0 saturated heterocycles. The highest BCUT2D eigenvalue weighted by molar-refractivity contribution is 9.10. The number of halogens is 1. The van der Waals surface area contributed by atoms with Gasteiger partial charge < -0.3 is 5.73 Å². The lowest BCUT2D eigenvalue weighted by molar-refractivity contribution is 0.570. The average Bonchev–Trinajstić information content (AvgIpc) is 2.68. The summed E-state index contributed by atoms with van der Waals surface area (Å²) in [6.07, 6.45) is 0. The number of nitrogen functional groups attached to an aromatic ring is 1. The molecule has 0 heterocycles. The molecule has 0 atom stereocenters. The van der Waals surface area contributed by atoms with Gasteiger partial charge in [-0.1, -0.05) is 96.0 Å². The summed E-state index contributed by atoms with van der Waals surface area (Å²) < 4.78 is 35.8. The maximum Gasteiger partial charge on any atom is 0.0629 e. The molecule has 28 heavy (non-hydrogen) atoms. The van der Waals surface area contributed by atoms with E-state index in [9.17, 15) is 0 Å². The van der Waals surface area contributed by atoms with Gasteiger partial charge in [-0.3, -0.25) is 0 Å². The quantitative estimate of drug-likeness (QED) is 0.402. The van der Waals surface area contributed by atoms with E-state index in [-0.39, 0.29) is 40.6 Å². The summed E-state index contributed by atoms with van der Waals surface area (Å²) in [5.74, 6) is 0. The first-order chi connectivity index (χ1) is 14.7. The van der Waals surface area contributed by atoms with Crippen LogP contribution in [0.4, 0.5) is 5.69 Å². The van der Waals surface area contributed by atoms with E-state index in [0.717, 1.165) is 11.1 Å². The Labute approximate surface area is 183 Å². The summed E-state index contributed by atoms with van der Waals surface area (Å²) in [5.41, 5.74) is 10.2. The van der Waals surface area contributed by atoms with Crippen molar-refractivity contribution in [1.82, 2.24) is 0 Å². The van der Waals surface area contributed by atoms with Gasteiger partial charge in [0.2, 0.25) is 0 Å². The number of hydrogen-bond acceptors (Lipinski definition) is 1. The van der Waals surface area contributed by atoms with E-state index in [1.165, 1.54) is 5.56 Å². The van der Waals surface area contributed by atoms with Crippen LogP contribution in [0, 0.1) is 0 Å². The van der Waals surface area contributed by atoms with Gasteiger partial charge in [0.05, 0.1) is 11.2 Å². The van der Waals surface area contributed by atoms with Crippen molar-refractivity contribution in [3.63, 3.8) is 0 Å². The third-order valence-corrected chi connectivity index (χ3v) is 5.60. The lowest BCUT2D eigenvalue weighted by atomic mass is 9.77. The minimum Gasteiger partial charge on any atom is -0.397 e. The fraction of sp³-hybridized carbons (Fsp3) is 0.308. The van der Waals surface area contributed by atoms with Gasteiger partial charge >= 0.3 is 0 Å². The van der Waals surface area contributed by atoms with E-state index in [0.29, 0.717) is 21.3 Å². The summed E-state index contributed by atoms with van der Waals surface area (Å²) in [7, 11) is 0. The molecule has 3 aromatic carbocycles. The Kier molecular flexibility index (Phi) is 4.18. The van der Waals surface area contributed by atoms with Crippen molar-refractivity contribution < 1.29 is 5.48 Å². The van der Waals surface area contributed by atoms with Crippen LogP contribution in [-0.2, 0) is 10.8 Å². The zero-order valence-electron chi connectivity index (χ0n) is 21.4. The molecule has 146 valence electrons. The highest BCUT2D eigenvalue weighted by Crippen LogP contribution is 2.38. The van der Waals surface area contributed by atoms with E-state index >= 15 is 0 Å². The van der Waals surface area contributed by atoms with Gasteiger partial charge in [-0.05, 0) is 60.6 Å². The van der Waals surface area contributed by atoms with Crippen LogP contribution < -0.4 is 5.73 Å². The van der Waals surface area contributed by atoms with Gasteiger partial charge in [0, 0.05) is 10.0 Å². The zero-order chi connectivity index (χ0) is 24.2. The molecule has 3 aromatic rings. The van der Waals surface area contributed by atoms with Gasteiger partial charge in [-0.15, -0.1) is 0 Å². The van der Waals surface area contributed by atoms with Crippen LogP contribution in [-0.4, -0.2) is 0 Å². The van der Waals surface area contributed by atoms with Gasteiger partial charge in [0.1, 0.15) is 0 Å². The van der Waals surface area contributed by atoms with E-state index < -0.39 is 0 Å². The predicted molar refractivity (Wildman–Crippen MR) is 127 cm³/mol. The van der Waals surface area contributed by atoms with Crippen LogP contribution in [0.15, 0.2) is 65.0 Å². The Hall–Kier alpha value is -2.06. The molecule has 0 amide bonds. The van der Waals surface area contributed by atoms with Crippen LogP contribution in [0.25, 0.3) is 22.3 Å². The van der Waals surface area contributed by atoms with Crippen LogP contribution in [0.2, 0.25) is 0 Å². The van der Waals surface area contributed by atoms with Gasteiger partial charge in [0.15, 0.2) is 0 Å². The second kappa shape index (κ2) is 7.40. The minimum atomic E-state index is -0.243. The molecule has 0 fully saturated rings. The second-order valence-corrected chi connectivity index (χ2v) is 10.1. The first-order valence-electron chi connectivity index (χ1n) is 11.5. The van der Waals surface area contributed by atoms with Crippen LogP contribution in [0.3, 0.4) is 0 Å². The molecule has 0 spiro atoms. The summed E-state index contributed by atoms with van der Waals surface area (Å²) in [6.45, 7) is 12.8. The number of para-hydroxylation sites is 1. The van der Waals surface area contributed by atoms with Crippen molar-refractivity contribution in [3.8, 4) is 22.3 Å². The molecule has 0 aliphatic rings. The first kappa shape index (κ1) is 15.8. The average molecular weight is 440 g/mol.